The molecule has 11 heavy (non-hydrogen) atoms. The van der Waals surface area contributed by atoms with Gasteiger partial charge in [0.2, 0.25) is 0 Å². The monoisotopic (exact) mass is 154 g/mol. The number of likely N-dealkylation sites (N-methyl/N-ethyl adjacent to an activating group) is 1. The number of nitrogens with one attached hydrogen (secondary N) is 1. The molecule has 1 atom stereocenters. The predicted molar refractivity (Wildman–Crippen MR) is 48.5 cm³/mol. The Hall–Kier alpha value is -0.340. The van der Waals surface area contributed by atoms with Gasteiger partial charge in [-0.3, -0.25) is 0 Å². The lowest BCUT2D eigenvalue weighted by Gasteiger charge is -2.31. The fourth-order valence-electron chi connectivity index (χ4n) is 1.60. The molecular weight excluding hydrogens is 136 g/mol. The summed E-state index contributed by atoms with van der Waals surface area (Å²) >= 11 is 0. The first-order valence-electron chi connectivity index (χ1n) is 4.30. The Morgan fingerprint density at radius 1 is 1.73 bits per heavy atom. The summed E-state index contributed by atoms with van der Waals surface area (Å²) in [5, 5.41) is 3.14. The van der Waals surface area contributed by atoms with Gasteiger partial charge in [0.25, 0.3) is 0 Å². The molecule has 2 heteroatoms. The van der Waals surface area contributed by atoms with Crippen LogP contribution in [0.5, 0.6) is 0 Å². The van der Waals surface area contributed by atoms with E-state index in [4.69, 9.17) is 5.73 Å². The molecule has 64 valence electrons. The van der Waals surface area contributed by atoms with Crippen molar-refractivity contribution in [3.63, 3.8) is 0 Å². The SMILES string of the molecule is CNCC1=CCCCC1(C)N. The van der Waals surface area contributed by atoms with E-state index in [1.165, 1.54) is 18.4 Å². The van der Waals surface area contributed by atoms with Gasteiger partial charge >= 0.3 is 0 Å². The molecule has 0 aromatic carbocycles. The van der Waals surface area contributed by atoms with Crippen molar-refractivity contribution in [3.05, 3.63) is 11.6 Å². The zero-order valence-corrected chi connectivity index (χ0v) is 7.48. The highest BCUT2D eigenvalue weighted by Gasteiger charge is 2.24. The summed E-state index contributed by atoms with van der Waals surface area (Å²) in [7, 11) is 1.96. The van der Waals surface area contributed by atoms with Crippen LogP contribution in [0.1, 0.15) is 26.2 Å². The Balaban J connectivity index is 2.64. The van der Waals surface area contributed by atoms with Crippen LogP contribution in [0.25, 0.3) is 0 Å². The Morgan fingerprint density at radius 2 is 2.45 bits per heavy atom. The van der Waals surface area contributed by atoms with E-state index < -0.39 is 0 Å². The first-order valence-corrected chi connectivity index (χ1v) is 4.30. The number of nitrogens with two attached hydrogens (primary N) is 1. The molecule has 0 heterocycles. The van der Waals surface area contributed by atoms with E-state index in [-0.39, 0.29) is 5.54 Å². The van der Waals surface area contributed by atoms with Crippen molar-refractivity contribution in [1.82, 2.24) is 5.32 Å². The lowest BCUT2D eigenvalue weighted by Crippen LogP contribution is -2.42. The number of rotatable bonds is 2. The largest absolute Gasteiger partial charge is 0.322 e. The van der Waals surface area contributed by atoms with E-state index in [1.807, 2.05) is 7.05 Å². The van der Waals surface area contributed by atoms with Crippen molar-refractivity contribution in [2.24, 2.45) is 5.73 Å². The Bertz CT molecular complexity index is 159. The summed E-state index contributed by atoms with van der Waals surface area (Å²) in [6.45, 7) is 3.06. The van der Waals surface area contributed by atoms with Crippen LogP contribution >= 0.6 is 0 Å². The normalized spacial score (nSPS) is 31.7. The average Bonchev–Trinajstić information content (AvgIpc) is 1.94. The number of hydrogen-bond acceptors (Lipinski definition) is 2. The molecule has 0 bridgehead atoms. The van der Waals surface area contributed by atoms with Gasteiger partial charge in [-0.2, -0.15) is 0 Å². The molecule has 0 saturated carbocycles. The lowest BCUT2D eigenvalue weighted by molar-refractivity contribution is 0.450. The van der Waals surface area contributed by atoms with Crippen molar-refractivity contribution in [3.8, 4) is 0 Å². The molecule has 0 fully saturated rings. The highest BCUT2D eigenvalue weighted by molar-refractivity contribution is 5.21. The summed E-state index contributed by atoms with van der Waals surface area (Å²) in [5.41, 5.74) is 7.41. The third-order valence-corrected chi connectivity index (χ3v) is 2.39. The van der Waals surface area contributed by atoms with Gasteiger partial charge in [0.05, 0.1) is 0 Å². The maximum atomic E-state index is 6.10. The molecule has 0 aromatic heterocycles. The maximum absolute atomic E-state index is 6.10. The van der Waals surface area contributed by atoms with E-state index >= 15 is 0 Å². The Labute approximate surface area is 68.9 Å². The van der Waals surface area contributed by atoms with Crippen LogP contribution in [0.3, 0.4) is 0 Å². The molecule has 1 aliphatic carbocycles. The van der Waals surface area contributed by atoms with Crippen molar-refractivity contribution in [2.75, 3.05) is 13.6 Å². The maximum Gasteiger partial charge on any atom is 0.0352 e. The molecule has 1 rings (SSSR count). The minimum Gasteiger partial charge on any atom is -0.322 e. The molecule has 1 unspecified atom stereocenters. The van der Waals surface area contributed by atoms with Gasteiger partial charge in [0.1, 0.15) is 0 Å². The van der Waals surface area contributed by atoms with E-state index in [0.29, 0.717) is 0 Å². The van der Waals surface area contributed by atoms with Gasteiger partial charge in [0.15, 0.2) is 0 Å². The molecule has 0 saturated heterocycles. The lowest BCUT2D eigenvalue weighted by atomic mass is 9.82. The summed E-state index contributed by atoms with van der Waals surface area (Å²) in [5.74, 6) is 0. The zero-order valence-electron chi connectivity index (χ0n) is 7.48. The topological polar surface area (TPSA) is 38.0 Å². The standard InChI is InChI=1S/C9H18N2/c1-9(10)6-4-3-5-8(9)7-11-2/h5,11H,3-4,6-7,10H2,1-2H3. The molecular formula is C9H18N2. The fraction of sp³-hybridized carbons (Fsp3) is 0.778. The zero-order chi connectivity index (χ0) is 8.32. The molecule has 3 N–H and O–H groups in total. The molecule has 0 aliphatic heterocycles. The van der Waals surface area contributed by atoms with Crippen molar-refractivity contribution >= 4 is 0 Å². The summed E-state index contributed by atoms with van der Waals surface area (Å²) in [6, 6.07) is 0. The van der Waals surface area contributed by atoms with Crippen LogP contribution in [0.15, 0.2) is 11.6 Å². The van der Waals surface area contributed by atoms with Gasteiger partial charge in [-0.25, -0.2) is 0 Å². The fourth-order valence-corrected chi connectivity index (χ4v) is 1.60. The second kappa shape index (κ2) is 3.37. The second-order valence-corrected chi connectivity index (χ2v) is 3.57. The third-order valence-electron chi connectivity index (χ3n) is 2.39. The van der Waals surface area contributed by atoms with E-state index in [1.54, 1.807) is 0 Å². The van der Waals surface area contributed by atoms with Gasteiger partial charge in [0, 0.05) is 12.1 Å². The second-order valence-electron chi connectivity index (χ2n) is 3.57. The molecule has 0 spiro atoms. The Kier molecular flexibility index (Phi) is 2.68. The summed E-state index contributed by atoms with van der Waals surface area (Å²) in [6.07, 6.45) is 5.84. The summed E-state index contributed by atoms with van der Waals surface area (Å²) < 4.78 is 0. The van der Waals surface area contributed by atoms with Crippen molar-refractivity contribution < 1.29 is 0 Å². The van der Waals surface area contributed by atoms with Crippen LogP contribution in [0, 0.1) is 0 Å². The third kappa shape index (κ3) is 2.04. The van der Waals surface area contributed by atoms with Crippen LogP contribution in [-0.2, 0) is 0 Å². The van der Waals surface area contributed by atoms with Gasteiger partial charge in [-0.05, 0) is 38.8 Å². The number of hydrogen-bond donors (Lipinski definition) is 2. The van der Waals surface area contributed by atoms with Gasteiger partial charge in [-0.15, -0.1) is 0 Å². The highest BCUT2D eigenvalue weighted by Crippen LogP contribution is 2.25. The smallest absolute Gasteiger partial charge is 0.0352 e. The molecule has 0 aromatic rings. The quantitative estimate of drug-likeness (QED) is 0.583. The van der Waals surface area contributed by atoms with Gasteiger partial charge in [-0.1, -0.05) is 6.08 Å². The van der Waals surface area contributed by atoms with Crippen LogP contribution in [0.2, 0.25) is 0 Å². The number of allylic oxidation sites excluding steroid dienone is 1. The van der Waals surface area contributed by atoms with E-state index in [2.05, 4.69) is 18.3 Å². The van der Waals surface area contributed by atoms with E-state index in [0.717, 1.165) is 13.0 Å². The van der Waals surface area contributed by atoms with Crippen molar-refractivity contribution in [2.45, 2.75) is 31.7 Å². The minimum absolute atomic E-state index is 0.0543. The summed E-state index contributed by atoms with van der Waals surface area (Å²) in [4.78, 5) is 0. The molecule has 1 aliphatic rings. The molecule has 0 radical (unpaired) electrons. The van der Waals surface area contributed by atoms with Crippen LogP contribution in [-0.4, -0.2) is 19.1 Å². The first kappa shape index (κ1) is 8.75. The molecule has 0 amide bonds. The minimum atomic E-state index is -0.0543. The van der Waals surface area contributed by atoms with E-state index in [9.17, 15) is 0 Å². The molecule has 2 nitrogen and oxygen atoms in total. The predicted octanol–water partition coefficient (Wildman–Crippen LogP) is 1.03. The van der Waals surface area contributed by atoms with Crippen molar-refractivity contribution in [1.29, 1.82) is 0 Å². The van der Waals surface area contributed by atoms with Crippen LogP contribution < -0.4 is 11.1 Å². The van der Waals surface area contributed by atoms with Gasteiger partial charge < -0.3 is 11.1 Å². The Morgan fingerprint density at radius 3 is 3.00 bits per heavy atom. The highest BCUT2D eigenvalue weighted by atomic mass is 14.8. The average molecular weight is 154 g/mol. The first-order chi connectivity index (χ1) is 5.17. The van der Waals surface area contributed by atoms with Crippen LogP contribution in [0.4, 0.5) is 0 Å².